The van der Waals surface area contributed by atoms with Gasteiger partial charge in [-0.25, -0.2) is 0 Å². The SMILES string of the molecule is CCN(CC)C(=O)C(=O)NCCCOC(C)C. The van der Waals surface area contributed by atoms with Gasteiger partial charge in [-0.3, -0.25) is 9.59 Å². The molecule has 5 heteroatoms. The number of rotatable bonds is 7. The van der Waals surface area contributed by atoms with Crippen molar-refractivity contribution in [3.63, 3.8) is 0 Å². The number of hydrogen-bond acceptors (Lipinski definition) is 3. The van der Waals surface area contributed by atoms with E-state index in [1.165, 1.54) is 4.90 Å². The summed E-state index contributed by atoms with van der Waals surface area (Å²) in [5.74, 6) is -0.988. The molecule has 0 spiro atoms. The van der Waals surface area contributed by atoms with Gasteiger partial charge in [0, 0.05) is 26.2 Å². The third-order valence-electron chi connectivity index (χ3n) is 2.30. The molecule has 1 N–H and O–H groups in total. The Bertz CT molecular complexity index is 238. The smallest absolute Gasteiger partial charge is 0.311 e. The minimum Gasteiger partial charge on any atom is -0.379 e. The van der Waals surface area contributed by atoms with Gasteiger partial charge < -0.3 is 15.0 Å². The van der Waals surface area contributed by atoms with Gasteiger partial charge in [-0.1, -0.05) is 0 Å². The molecule has 0 heterocycles. The molecule has 0 aromatic carbocycles. The van der Waals surface area contributed by atoms with E-state index in [1.807, 2.05) is 27.7 Å². The predicted molar refractivity (Wildman–Crippen MR) is 66.6 cm³/mol. The van der Waals surface area contributed by atoms with Crippen LogP contribution < -0.4 is 5.32 Å². The van der Waals surface area contributed by atoms with E-state index >= 15 is 0 Å². The van der Waals surface area contributed by atoms with Crippen LogP contribution in [0.25, 0.3) is 0 Å². The summed E-state index contributed by atoms with van der Waals surface area (Å²) >= 11 is 0. The van der Waals surface area contributed by atoms with Crippen molar-refractivity contribution in [3.05, 3.63) is 0 Å². The molecule has 0 bridgehead atoms. The number of nitrogens with one attached hydrogen (secondary N) is 1. The van der Waals surface area contributed by atoms with Crippen LogP contribution in [0.15, 0.2) is 0 Å². The Morgan fingerprint density at radius 3 is 2.29 bits per heavy atom. The first-order valence-electron chi connectivity index (χ1n) is 6.21. The van der Waals surface area contributed by atoms with Crippen molar-refractivity contribution < 1.29 is 14.3 Å². The van der Waals surface area contributed by atoms with Crippen molar-refractivity contribution in [3.8, 4) is 0 Å². The van der Waals surface area contributed by atoms with Gasteiger partial charge in [0.05, 0.1) is 6.10 Å². The second-order valence-corrected chi connectivity index (χ2v) is 4.01. The van der Waals surface area contributed by atoms with Crippen LogP contribution in [-0.2, 0) is 14.3 Å². The van der Waals surface area contributed by atoms with Crippen LogP contribution in [0, 0.1) is 0 Å². The Hall–Kier alpha value is -1.10. The van der Waals surface area contributed by atoms with E-state index in [-0.39, 0.29) is 6.10 Å². The van der Waals surface area contributed by atoms with E-state index < -0.39 is 11.8 Å². The van der Waals surface area contributed by atoms with Crippen LogP contribution in [0.2, 0.25) is 0 Å². The van der Waals surface area contributed by atoms with Crippen molar-refractivity contribution in [1.29, 1.82) is 0 Å². The maximum atomic E-state index is 11.6. The van der Waals surface area contributed by atoms with E-state index in [4.69, 9.17) is 4.74 Å². The van der Waals surface area contributed by atoms with Crippen LogP contribution >= 0.6 is 0 Å². The summed E-state index contributed by atoms with van der Waals surface area (Å²) in [4.78, 5) is 24.5. The summed E-state index contributed by atoms with van der Waals surface area (Å²) in [6.07, 6.45) is 0.915. The minimum absolute atomic E-state index is 0.197. The molecule has 0 unspecified atom stereocenters. The van der Waals surface area contributed by atoms with E-state index in [0.29, 0.717) is 26.2 Å². The summed E-state index contributed by atoms with van der Waals surface area (Å²) < 4.78 is 5.33. The number of nitrogens with zero attached hydrogens (tertiary/aromatic N) is 1. The lowest BCUT2D eigenvalue weighted by atomic mass is 10.4. The zero-order valence-corrected chi connectivity index (χ0v) is 11.3. The molecular weight excluding hydrogens is 220 g/mol. The third kappa shape index (κ3) is 6.94. The lowest BCUT2D eigenvalue weighted by Crippen LogP contribution is -2.43. The standard InChI is InChI=1S/C12H24N2O3/c1-5-14(6-2)12(16)11(15)13-8-7-9-17-10(3)4/h10H,5-9H2,1-4H3,(H,13,15). The van der Waals surface area contributed by atoms with Crippen LogP contribution in [-0.4, -0.2) is 49.1 Å². The second kappa shape index (κ2) is 8.98. The normalized spacial score (nSPS) is 10.4. The maximum Gasteiger partial charge on any atom is 0.311 e. The Morgan fingerprint density at radius 1 is 1.24 bits per heavy atom. The molecule has 0 aromatic rings. The monoisotopic (exact) mass is 244 g/mol. The van der Waals surface area contributed by atoms with Gasteiger partial charge in [-0.15, -0.1) is 0 Å². The summed E-state index contributed by atoms with van der Waals surface area (Å²) in [6.45, 7) is 9.80. The van der Waals surface area contributed by atoms with Gasteiger partial charge in [0.2, 0.25) is 0 Å². The van der Waals surface area contributed by atoms with Crippen molar-refractivity contribution in [2.75, 3.05) is 26.2 Å². The number of hydrogen-bond donors (Lipinski definition) is 1. The van der Waals surface area contributed by atoms with Crippen LogP contribution in [0.5, 0.6) is 0 Å². The highest BCUT2D eigenvalue weighted by Crippen LogP contribution is 1.91. The highest BCUT2D eigenvalue weighted by atomic mass is 16.5. The zero-order valence-electron chi connectivity index (χ0n) is 11.3. The fourth-order valence-electron chi connectivity index (χ4n) is 1.32. The average molecular weight is 244 g/mol. The topological polar surface area (TPSA) is 58.6 Å². The molecule has 0 atom stereocenters. The quantitative estimate of drug-likeness (QED) is 0.532. The summed E-state index contributed by atoms with van der Waals surface area (Å²) in [5, 5.41) is 2.60. The Kier molecular flexibility index (Phi) is 8.40. The second-order valence-electron chi connectivity index (χ2n) is 4.01. The number of ether oxygens (including phenoxy) is 1. The largest absolute Gasteiger partial charge is 0.379 e. The fraction of sp³-hybridized carbons (Fsp3) is 0.833. The van der Waals surface area contributed by atoms with Gasteiger partial charge in [0.1, 0.15) is 0 Å². The Labute approximate surface area is 103 Å². The zero-order chi connectivity index (χ0) is 13.3. The molecule has 5 nitrogen and oxygen atoms in total. The van der Waals surface area contributed by atoms with Crippen LogP contribution in [0.3, 0.4) is 0 Å². The van der Waals surface area contributed by atoms with Gasteiger partial charge >= 0.3 is 11.8 Å². The van der Waals surface area contributed by atoms with Crippen LogP contribution in [0.4, 0.5) is 0 Å². The molecule has 0 radical (unpaired) electrons. The van der Waals surface area contributed by atoms with E-state index in [9.17, 15) is 9.59 Å². The highest BCUT2D eigenvalue weighted by molar-refractivity contribution is 6.34. The molecule has 0 aliphatic rings. The summed E-state index contributed by atoms with van der Waals surface area (Å²) in [5.41, 5.74) is 0. The van der Waals surface area contributed by atoms with Gasteiger partial charge in [-0.05, 0) is 34.1 Å². The van der Waals surface area contributed by atoms with E-state index in [0.717, 1.165) is 6.42 Å². The first-order chi connectivity index (χ1) is 8.02. The molecule has 0 rings (SSSR count). The Balaban J connectivity index is 3.75. The molecular formula is C12H24N2O3. The van der Waals surface area contributed by atoms with E-state index in [1.54, 1.807) is 0 Å². The molecule has 0 aliphatic carbocycles. The molecule has 2 amide bonds. The number of likely N-dealkylation sites (N-methyl/N-ethyl adjacent to an activating group) is 1. The number of carbonyl (C=O) groups is 2. The molecule has 0 aromatic heterocycles. The molecule has 0 aliphatic heterocycles. The predicted octanol–water partition coefficient (Wildman–Crippen LogP) is 0.786. The number of amides is 2. The first-order valence-corrected chi connectivity index (χ1v) is 6.21. The van der Waals surface area contributed by atoms with Gasteiger partial charge in [0.25, 0.3) is 0 Å². The van der Waals surface area contributed by atoms with Crippen LogP contribution in [0.1, 0.15) is 34.1 Å². The molecule has 0 saturated heterocycles. The lowest BCUT2D eigenvalue weighted by molar-refractivity contribution is -0.145. The molecule has 0 saturated carbocycles. The molecule has 17 heavy (non-hydrogen) atoms. The summed E-state index contributed by atoms with van der Waals surface area (Å²) in [7, 11) is 0. The van der Waals surface area contributed by atoms with Gasteiger partial charge in [-0.2, -0.15) is 0 Å². The summed E-state index contributed by atoms with van der Waals surface area (Å²) in [6, 6.07) is 0. The highest BCUT2D eigenvalue weighted by Gasteiger charge is 2.18. The fourth-order valence-corrected chi connectivity index (χ4v) is 1.32. The maximum absolute atomic E-state index is 11.6. The number of carbonyl (C=O) groups excluding carboxylic acids is 2. The van der Waals surface area contributed by atoms with Crippen molar-refractivity contribution >= 4 is 11.8 Å². The van der Waals surface area contributed by atoms with E-state index in [2.05, 4.69) is 5.32 Å². The molecule has 0 fully saturated rings. The molecule has 100 valence electrons. The average Bonchev–Trinajstić information content (AvgIpc) is 2.29. The minimum atomic E-state index is -0.529. The van der Waals surface area contributed by atoms with Crippen molar-refractivity contribution in [2.45, 2.75) is 40.2 Å². The van der Waals surface area contributed by atoms with Gasteiger partial charge in [0.15, 0.2) is 0 Å². The van der Waals surface area contributed by atoms with Crippen molar-refractivity contribution in [2.24, 2.45) is 0 Å². The third-order valence-corrected chi connectivity index (χ3v) is 2.30. The lowest BCUT2D eigenvalue weighted by Gasteiger charge is -2.17. The first kappa shape index (κ1) is 15.9. The Morgan fingerprint density at radius 2 is 1.82 bits per heavy atom. The van der Waals surface area contributed by atoms with Crippen molar-refractivity contribution in [1.82, 2.24) is 10.2 Å².